The molecule has 3 aromatic rings. The van der Waals surface area contributed by atoms with Crippen molar-refractivity contribution in [1.29, 1.82) is 0 Å². The number of amides is 1. The van der Waals surface area contributed by atoms with Crippen molar-refractivity contribution in [3.8, 4) is 0 Å². The predicted octanol–water partition coefficient (Wildman–Crippen LogP) is 4.93. The fraction of sp³-hybridized carbons (Fsp3) is 0.296. The highest BCUT2D eigenvalue weighted by molar-refractivity contribution is 7.99. The predicted molar refractivity (Wildman–Crippen MR) is 134 cm³/mol. The van der Waals surface area contributed by atoms with Crippen molar-refractivity contribution >= 4 is 23.4 Å². The Morgan fingerprint density at radius 1 is 0.971 bits per heavy atom. The van der Waals surface area contributed by atoms with Gasteiger partial charge in [0.05, 0.1) is 18.8 Å². The molecule has 34 heavy (non-hydrogen) atoms. The maximum Gasteiger partial charge on any atom is 0.221 e. The summed E-state index contributed by atoms with van der Waals surface area (Å²) in [5.41, 5.74) is 10.5. The standard InChI is InChI=1S/C27H30N2O4S/c1-18(31)29-23-10-12-25(13-11-23)34-17-24-14-26(21-6-4-20(16-30)5-7-21)33-27(32-24)22-8-2-19(15-28)3-9-22/h2-13,24,26-27,30H,14-17,28H2,1H3,(H,29,31)/t24-,26+,27+/m1/s1. The molecule has 0 saturated carbocycles. The Bertz CT molecular complexity index is 1020. The van der Waals surface area contributed by atoms with Gasteiger partial charge in [-0.1, -0.05) is 48.5 Å². The number of hydrogen-bond acceptors (Lipinski definition) is 6. The smallest absolute Gasteiger partial charge is 0.221 e. The van der Waals surface area contributed by atoms with Crippen molar-refractivity contribution in [2.45, 2.75) is 49.9 Å². The molecule has 1 aliphatic heterocycles. The van der Waals surface area contributed by atoms with Crippen LogP contribution in [0.1, 0.15) is 48.0 Å². The average Bonchev–Trinajstić information content (AvgIpc) is 2.88. The summed E-state index contributed by atoms with van der Waals surface area (Å²) in [6, 6.07) is 23.7. The maximum absolute atomic E-state index is 11.2. The second-order valence-electron chi connectivity index (χ2n) is 8.31. The maximum atomic E-state index is 11.2. The Morgan fingerprint density at radius 2 is 1.62 bits per heavy atom. The molecule has 0 bridgehead atoms. The first-order valence-electron chi connectivity index (χ1n) is 11.3. The first-order valence-corrected chi connectivity index (χ1v) is 12.3. The van der Waals surface area contributed by atoms with Gasteiger partial charge in [0.25, 0.3) is 0 Å². The number of aliphatic hydroxyl groups is 1. The van der Waals surface area contributed by atoms with E-state index in [-0.39, 0.29) is 24.7 Å². The molecule has 1 heterocycles. The van der Waals surface area contributed by atoms with E-state index in [1.807, 2.05) is 72.8 Å². The van der Waals surface area contributed by atoms with Gasteiger partial charge < -0.3 is 25.6 Å². The molecule has 0 radical (unpaired) electrons. The zero-order valence-corrected chi connectivity index (χ0v) is 20.0. The van der Waals surface area contributed by atoms with Gasteiger partial charge in [0.15, 0.2) is 6.29 Å². The van der Waals surface area contributed by atoms with Gasteiger partial charge in [-0.25, -0.2) is 0 Å². The van der Waals surface area contributed by atoms with Gasteiger partial charge in [-0.3, -0.25) is 4.79 Å². The van der Waals surface area contributed by atoms with Crippen LogP contribution in [0.25, 0.3) is 0 Å². The van der Waals surface area contributed by atoms with E-state index in [0.717, 1.165) is 45.0 Å². The highest BCUT2D eigenvalue weighted by atomic mass is 32.2. The van der Waals surface area contributed by atoms with Crippen LogP contribution in [-0.4, -0.2) is 22.9 Å². The number of benzene rings is 3. The average molecular weight is 479 g/mol. The zero-order chi connectivity index (χ0) is 23.9. The fourth-order valence-electron chi connectivity index (χ4n) is 3.86. The Kier molecular flexibility index (Phi) is 8.37. The van der Waals surface area contributed by atoms with Crippen LogP contribution in [0.2, 0.25) is 0 Å². The van der Waals surface area contributed by atoms with Crippen LogP contribution in [-0.2, 0) is 27.4 Å². The van der Waals surface area contributed by atoms with Crippen LogP contribution in [0, 0.1) is 0 Å². The van der Waals surface area contributed by atoms with Gasteiger partial charge in [0.1, 0.15) is 0 Å². The Hall–Kier alpha value is -2.68. The molecule has 0 aliphatic carbocycles. The van der Waals surface area contributed by atoms with E-state index in [2.05, 4.69) is 5.32 Å². The van der Waals surface area contributed by atoms with Crippen LogP contribution in [0.15, 0.2) is 77.7 Å². The van der Waals surface area contributed by atoms with Gasteiger partial charge in [-0.15, -0.1) is 11.8 Å². The van der Waals surface area contributed by atoms with Crippen molar-refractivity contribution in [1.82, 2.24) is 0 Å². The van der Waals surface area contributed by atoms with E-state index in [1.54, 1.807) is 11.8 Å². The first kappa shape index (κ1) is 24.4. The lowest BCUT2D eigenvalue weighted by atomic mass is 10.0. The number of nitrogens with two attached hydrogens (primary N) is 1. The summed E-state index contributed by atoms with van der Waals surface area (Å²) in [7, 11) is 0. The van der Waals surface area contributed by atoms with E-state index >= 15 is 0 Å². The van der Waals surface area contributed by atoms with Crippen molar-refractivity contribution < 1.29 is 19.4 Å². The summed E-state index contributed by atoms with van der Waals surface area (Å²) < 4.78 is 12.7. The van der Waals surface area contributed by atoms with Gasteiger partial charge in [-0.2, -0.15) is 0 Å². The van der Waals surface area contributed by atoms with E-state index in [1.165, 1.54) is 6.92 Å². The van der Waals surface area contributed by atoms with Crippen LogP contribution in [0.4, 0.5) is 5.69 Å². The molecular formula is C27H30N2O4S. The minimum Gasteiger partial charge on any atom is -0.392 e. The summed E-state index contributed by atoms with van der Waals surface area (Å²) in [6.45, 7) is 2.01. The molecule has 4 N–H and O–H groups in total. The minimum atomic E-state index is -0.476. The number of carbonyl (C=O) groups excluding carboxylic acids is 1. The normalized spacial score (nSPS) is 20.1. The summed E-state index contributed by atoms with van der Waals surface area (Å²) in [6.07, 6.45) is 0.118. The molecule has 1 saturated heterocycles. The van der Waals surface area contributed by atoms with Gasteiger partial charge >= 0.3 is 0 Å². The molecule has 0 unspecified atom stereocenters. The largest absolute Gasteiger partial charge is 0.392 e. The van der Waals surface area contributed by atoms with Crippen molar-refractivity contribution in [2.24, 2.45) is 5.73 Å². The first-order chi connectivity index (χ1) is 16.5. The van der Waals surface area contributed by atoms with Crippen molar-refractivity contribution in [3.63, 3.8) is 0 Å². The minimum absolute atomic E-state index is 0.0181. The summed E-state index contributed by atoms with van der Waals surface area (Å²) in [5.74, 6) is 0.686. The molecular weight excluding hydrogens is 448 g/mol. The number of carbonyl (C=O) groups is 1. The third-order valence-electron chi connectivity index (χ3n) is 5.71. The van der Waals surface area contributed by atoms with Crippen LogP contribution < -0.4 is 11.1 Å². The third-order valence-corrected chi connectivity index (χ3v) is 6.86. The monoisotopic (exact) mass is 478 g/mol. The van der Waals surface area contributed by atoms with E-state index in [4.69, 9.17) is 15.2 Å². The molecule has 178 valence electrons. The Balaban J connectivity index is 1.48. The lowest BCUT2D eigenvalue weighted by molar-refractivity contribution is -0.245. The second-order valence-corrected chi connectivity index (χ2v) is 9.41. The van der Waals surface area contributed by atoms with Gasteiger partial charge in [-0.05, 0) is 41.0 Å². The lowest BCUT2D eigenvalue weighted by Crippen LogP contribution is -2.31. The Labute approximate surface area is 204 Å². The lowest BCUT2D eigenvalue weighted by Gasteiger charge is -2.36. The number of rotatable bonds is 8. The molecule has 0 aromatic heterocycles. The van der Waals surface area contributed by atoms with E-state index in [0.29, 0.717) is 6.54 Å². The number of nitrogens with one attached hydrogen (secondary N) is 1. The summed E-state index contributed by atoms with van der Waals surface area (Å²) in [5, 5.41) is 12.2. The number of ether oxygens (including phenoxy) is 2. The quantitative estimate of drug-likeness (QED) is 0.397. The molecule has 4 rings (SSSR count). The molecule has 1 amide bonds. The SMILES string of the molecule is CC(=O)Nc1ccc(SC[C@H]2C[C@@H](c3ccc(CO)cc3)O[C@@H](c3ccc(CN)cc3)O2)cc1. The van der Waals surface area contributed by atoms with Gasteiger partial charge in [0.2, 0.25) is 5.91 Å². The van der Waals surface area contributed by atoms with Crippen LogP contribution in [0.5, 0.6) is 0 Å². The molecule has 7 heteroatoms. The molecule has 0 spiro atoms. The van der Waals surface area contributed by atoms with Crippen LogP contribution in [0.3, 0.4) is 0 Å². The zero-order valence-electron chi connectivity index (χ0n) is 19.1. The number of aliphatic hydroxyl groups excluding tert-OH is 1. The second kappa shape index (κ2) is 11.6. The van der Waals surface area contributed by atoms with E-state index in [9.17, 15) is 9.90 Å². The number of thioether (sulfide) groups is 1. The summed E-state index contributed by atoms with van der Waals surface area (Å²) >= 11 is 1.72. The fourth-order valence-corrected chi connectivity index (χ4v) is 4.78. The molecule has 6 nitrogen and oxygen atoms in total. The number of hydrogen-bond donors (Lipinski definition) is 3. The molecule has 1 fully saturated rings. The highest BCUT2D eigenvalue weighted by Gasteiger charge is 2.32. The molecule has 3 atom stereocenters. The van der Waals surface area contributed by atoms with Crippen LogP contribution >= 0.6 is 11.8 Å². The topological polar surface area (TPSA) is 93.8 Å². The molecule has 1 aliphatic rings. The van der Waals surface area contributed by atoms with Crippen molar-refractivity contribution in [2.75, 3.05) is 11.1 Å². The summed E-state index contributed by atoms with van der Waals surface area (Å²) in [4.78, 5) is 12.3. The Morgan fingerprint density at radius 3 is 2.24 bits per heavy atom. The van der Waals surface area contributed by atoms with E-state index < -0.39 is 6.29 Å². The van der Waals surface area contributed by atoms with Crippen molar-refractivity contribution in [3.05, 3.63) is 95.1 Å². The third kappa shape index (κ3) is 6.46. The molecule has 3 aromatic carbocycles. The van der Waals surface area contributed by atoms with Gasteiger partial charge in [0, 0.05) is 41.8 Å². The highest BCUT2D eigenvalue weighted by Crippen LogP contribution is 2.39. The number of anilines is 1.